The van der Waals surface area contributed by atoms with Gasteiger partial charge in [-0.25, -0.2) is 0 Å². The molecule has 1 heterocycles. The van der Waals surface area contributed by atoms with Crippen LogP contribution >= 0.6 is 22.6 Å². The largest absolute Gasteiger partial charge is 0.284 e. The average Bonchev–Trinajstić information content (AvgIpc) is 2.24. The van der Waals surface area contributed by atoms with Crippen molar-refractivity contribution in [2.24, 2.45) is 0 Å². The summed E-state index contributed by atoms with van der Waals surface area (Å²) in [5.41, 5.74) is 2.03. The quantitative estimate of drug-likeness (QED) is 0.561. The minimum atomic E-state index is 0.0346. The van der Waals surface area contributed by atoms with E-state index in [1.807, 2.05) is 50.4 Å². The smallest absolute Gasteiger partial charge is 0.268 e. The first-order valence-corrected chi connectivity index (χ1v) is 5.70. The Morgan fingerprint density at radius 3 is 2.53 bits per heavy atom. The van der Waals surface area contributed by atoms with Gasteiger partial charge >= 0.3 is 0 Å². The maximum Gasteiger partial charge on any atom is 0.268 e. The zero-order chi connectivity index (χ0) is 10.8. The number of hydrogen-bond donors (Lipinski definition) is 0. The number of aromatic nitrogens is 1. The predicted molar refractivity (Wildman–Crippen MR) is 72.9 cm³/mol. The van der Waals surface area contributed by atoms with Crippen molar-refractivity contribution in [3.05, 3.63) is 56.5 Å². The van der Waals surface area contributed by atoms with Crippen molar-refractivity contribution in [2.75, 3.05) is 0 Å². The van der Waals surface area contributed by atoms with Gasteiger partial charge < -0.3 is 0 Å². The summed E-state index contributed by atoms with van der Waals surface area (Å²) >= 11 is 2.07. The van der Waals surface area contributed by atoms with Crippen LogP contribution in [0, 0.1) is 3.57 Å². The third-order valence-corrected chi connectivity index (χ3v) is 2.92. The van der Waals surface area contributed by atoms with E-state index in [-0.39, 0.29) is 5.56 Å². The Hall–Kier alpha value is -1.04. The molecule has 0 spiro atoms. The highest BCUT2D eigenvalue weighted by Crippen LogP contribution is 2.04. The Bertz CT molecular complexity index is 536. The van der Waals surface area contributed by atoms with Gasteiger partial charge in [-0.15, -0.1) is 0 Å². The molecule has 15 heavy (non-hydrogen) atoms. The summed E-state index contributed by atoms with van der Waals surface area (Å²) in [7, 11) is 1.99. The number of nitrogens with zero attached hydrogens (tertiary/aromatic N) is 1. The van der Waals surface area contributed by atoms with E-state index < -0.39 is 0 Å². The van der Waals surface area contributed by atoms with Crippen LogP contribution in [0.25, 0.3) is 5.69 Å². The molecule has 0 fully saturated rings. The van der Waals surface area contributed by atoms with Crippen LogP contribution in [0.4, 0.5) is 0 Å². The van der Waals surface area contributed by atoms with Crippen LogP contribution in [0.15, 0.2) is 47.4 Å². The van der Waals surface area contributed by atoms with Crippen molar-refractivity contribution in [1.29, 1.82) is 0 Å². The summed E-state index contributed by atoms with van der Waals surface area (Å²) in [6.45, 7) is 0. The molecule has 2 rings (SSSR count). The lowest BCUT2D eigenvalue weighted by Gasteiger charge is -2.07. The molecule has 0 radical (unpaired) electrons. The van der Waals surface area contributed by atoms with Gasteiger partial charge in [0, 0.05) is 11.9 Å². The van der Waals surface area contributed by atoms with Crippen LogP contribution in [0.3, 0.4) is 0 Å². The van der Waals surface area contributed by atoms with E-state index in [0.717, 1.165) is 14.7 Å². The predicted octanol–water partition coefficient (Wildman–Crippen LogP) is 0.701. The number of hydrogen-bond acceptors (Lipinski definition) is 1. The molecule has 0 saturated heterocycles. The molecule has 74 valence electrons. The van der Waals surface area contributed by atoms with Gasteiger partial charge in [-0.1, -0.05) is 23.7 Å². The van der Waals surface area contributed by atoms with E-state index in [4.69, 9.17) is 0 Å². The first-order chi connectivity index (χ1) is 7.18. The summed E-state index contributed by atoms with van der Waals surface area (Å²) in [6.07, 6.45) is 1.86. The van der Waals surface area contributed by atoms with Crippen molar-refractivity contribution in [1.82, 2.24) is 4.57 Å². The number of para-hydroxylation sites is 1. The topological polar surface area (TPSA) is 22.0 Å². The molecule has 0 amide bonds. The zero-order valence-electron chi connectivity index (χ0n) is 8.27. The lowest BCUT2D eigenvalue weighted by Crippen LogP contribution is -2.25. The standard InChI is InChI=1S/C11H9BINO/c12-8-6-10(13)11(15)14(7-8)9-4-2-1-3-5-9/h1-7H,12H2. The highest BCUT2D eigenvalue weighted by molar-refractivity contribution is 14.1. The van der Waals surface area contributed by atoms with Crippen molar-refractivity contribution in [3.63, 3.8) is 0 Å². The summed E-state index contributed by atoms with van der Waals surface area (Å²) in [6, 6.07) is 11.5. The number of halogens is 1. The third kappa shape index (κ3) is 2.14. The van der Waals surface area contributed by atoms with Gasteiger partial charge in [0.1, 0.15) is 7.85 Å². The van der Waals surface area contributed by atoms with Gasteiger partial charge in [-0.3, -0.25) is 9.36 Å². The van der Waals surface area contributed by atoms with Crippen LogP contribution in [-0.4, -0.2) is 12.4 Å². The Balaban J connectivity index is 2.69. The first kappa shape index (κ1) is 10.5. The van der Waals surface area contributed by atoms with E-state index in [1.165, 1.54) is 0 Å². The normalized spacial score (nSPS) is 10.2. The van der Waals surface area contributed by atoms with Gasteiger partial charge in [0.25, 0.3) is 5.56 Å². The lowest BCUT2D eigenvalue weighted by molar-refractivity contribution is 0.987. The molecule has 0 saturated carbocycles. The second kappa shape index (κ2) is 4.22. The average molecular weight is 309 g/mol. The van der Waals surface area contributed by atoms with Gasteiger partial charge in [0.05, 0.1) is 3.57 Å². The molecule has 0 aliphatic rings. The van der Waals surface area contributed by atoms with Gasteiger partial charge in [0.15, 0.2) is 0 Å². The summed E-state index contributed by atoms with van der Waals surface area (Å²) in [5, 5.41) is 0. The molecule has 1 aromatic heterocycles. The molecule has 4 heteroatoms. The zero-order valence-corrected chi connectivity index (χ0v) is 10.4. The van der Waals surface area contributed by atoms with E-state index in [2.05, 4.69) is 22.6 Å². The van der Waals surface area contributed by atoms with Crippen molar-refractivity contribution >= 4 is 35.9 Å². The Kier molecular flexibility index (Phi) is 2.95. The molecule has 0 aliphatic heterocycles. The fourth-order valence-electron chi connectivity index (χ4n) is 1.46. The van der Waals surface area contributed by atoms with E-state index in [0.29, 0.717) is 0 Å². The van der Waals surface area contributed by atoms with Crippen molar-refractivity contribution < 1.29 is 0 Å². The molecule has 0 atom stereocenters. The van der Waals surface area contributed by atoms with E-state index >= 15 is 0 Å². The van der Waals surface area contributed by atoms with E-state index in [1.54, 1.807) is 4.57 Å². The van der Waals surface area contributed by atoms with Crippen LogP contribution in [0.2, 0.25) is 0 Å². The highest BCUT2D eigenvalue weighted by Gasteiger charge is 2.03. The molecule has 2 nitrogen and oxygen atoms in total. The van der Waals surface area contributed by atoms with Gasteiger partial charge in [-0.05, 0) is 40.8 Å². The molecule has 0 N–H and O–H groups in total. The fourth-order valence-corrected chi connectivity index (χ4v) is 2.21. The Labute approximate surface area is 102 Å². The summed E-state index contributed by atoms with van der Waals surface area (Å²) in [4.78, 5) is 11.9. The van der Waals surface area contributed by atoms with Crippen LogP contribution < -0.4 is 11.0 Å². The first-order valence-electron chi connectivity index (χ1n) is 4.63. The molecule has 2 aromatic rings. The summed E-state index contributed by atoms with van der Waals surface area (Å²) in [5.74, 6) is 0. The monoisotopic (exact) mass is 309 g/mol. The van der Waals surface area contributed by atoms with Crippen LogP contribution in [0.1, 0.15) is 0 Å². The number of rotatable bonds is 1. The molecule has 0 aliphatic carbocycles. The second-order valence-electron chi connectivity index (χ2n) is 3.38. The van der Waals surface area contributed by atoms with Gasteiger partial charge in [0.2, 0.25) is 0 Å². The van der Waals surface area contributed by atoms with Crippen molar-refractivity contribution in [3.8, 4) is 5.69 Å². The lowest BCUT2D eigenvalue weighted by atomic mass is 9.99. The number of pyridine rings is 1. The maximum absolute atomic E-state index is 11.9. The van der Waals surface area contributed by atoms with Crippen LogP contribution in [-0.2, 0) is 0 Å². The highest BCUT2D eigenvalue weighted by atomic mass is 127. The fraction of sp³-hybridized carbons (Fsp3) is 0. The molecule has 1 aromatic carbocycles. The maximum atomic E-state index is 11.9. The Morgan fingerprint density at radius 2 is 1.87 bits per heavy atom. The minimum absolute atomic E-state index is 0.0346. The Morgan fingerprint density at radius 1 is 1.20 bits per heavy atom. The molecule has 0 bridgehead atoms. The SMILES string of the molecule is Bc1cc(I)c(=O)n(-c2ccccc2)c1. The van der Waals surface area contributed by atoms with E-state index in [9.17, 15) is 4.79 Å². The molecular weight excluding hydrogens is 300 g/mol. The molecular formula is C11H9BINO. The third-order valence-electron chi connectivity index (χ3n) is 2.14. The van der Waals surface area contributed by atoms with Gasteiger partial charge in [-0.2, -0.15) is 0 Å². The second-order valence-corrected chi connectivity index (χ2v) is 4.54. The van der Waals surface area contributed by atoms with Crippen LogP contribution in [0.5, 0.6) is 0 Å². The molecule has 0 unspecified atom stereocenters. The van der Waals surface area contributed by atoms with Crippen molar-refractivity contribution in [2.45, 2.75) is 0 Å². The minimum Gasteiger partial charge on any atom is -0.284 e. The number of benzene rings is 1. The summed E-state index contributed by atoms with van der Waals surface area (Å²) < 4.78 is 2.42.